The average Bonchev–Trinajstić information content (AvgIpc) is 3.01. The topological polar surface area (TPSA) is 47.6 Å². The van der Waals surface area contributed by atoms with E-state index in [-0.39, 0.29) is 18.7 Å². The third-order valence-electron chi connectivity index (χ3n) is 3.48. The van der Waals surface area contributed by atoms with Crippen molar-refractivity contribution in [1.29, 1.82) is 0 Å². The zero-order valence-electron chi connectivity index (χ0n) is 12.3. The molecule has 2 aromatic rings. The lowest BCUT2D eigenvalue weighted by atomic mass is 10.1. The van der Waals surface area contributed by atoms with Crippen molar-refractivity contribution < 1.29 is 14.3 Å². The molecule has 3 rings (SSSR count). The highest BCUT2D eigenvalue weighted by Crippen LogP contribution is 2.32. The number of hydrogen-bond donors (Lipinski definition) is 1. The van der Waals surface area contributed by atoms with Gasteiger partial charge in [-0.2, -0.15) is 0 Å². The number of hydrogen-bond acceptors (Lipinski definition) is 3. The smallest absolute Gasteiger partial charge is 0.244 e. The highest BCUT2D eigenvalue weighted by atomic mass is 16.7. The van der Waals surface area contributed by atoms with Gasteiger partial charge in [-0.25, -0.2) is 0 Å². The molecule has 2 aromatic carbocycles. The summed E-state index contributed by atoms with van der Waals surface area (Å²) in [5.74, 6) is 1.31. The first kappa shape index (κ1) is 14.2. The van der Waals surface area contributed by atoms with E-state index in [0.717, 1.165) is 16.9 Å². The molecule has 1 atom stereocenters. The average molecular weight is 295 g/mol. The van der Waals surface area contributed by atoms with Gasteiger partial charge in [-0.1, -0.05) is 36.4 Å². The molecule has 112 valence electrons. The first-order valence-corrected chi connectivity index (χ1v) is 7.15. The molecule has 1 N–H and O–H groups in total. The molecule has 1 amide bonds. The quantitative estimate of drug-likeness (QED) is 0.880. The summed E-state index contributed by atoms with van der Waals surface area (Å²) >= 11 is 0. The Morgan fingerprint density at radius 2 is 1.91 bits per heavy atom. The van der Waals surface area contributed by atoms with E-state index in [2.05, 4.69) is 5.32 Å². The first-order valence-electron chi connectivity index (χ1n) is 7.15. The van der Waals surface area contributed by atoms with Crippen LogP contribution in [-0.4, -0.2) is 12.7 Å². The second-order valence-corrected chi connectivity index (χ2v) is 5.09. The van der Waals surface area contributed by atoms with Crippen LogP contribution in [0.5, 0.6) is 11.5 Å². The van der Waals surface area contributed by atoms with Crippen LogP contribution >= 0.6 is 0 Å². The maximum absolute atomic E-state index is 12.0. The molecule has 0 radical (unpaired) electrons. The monoisotopic (exact) mass is 295 g/mol. The molecule has 4 heteroatoms. The Hall–Kier alpha value is -2.75. The Bertz CT molecular complexity index is 695. The fourth-order valence-electron chi connectivity index (χ4n) is 2.28. The van der Waals surface area contributed by atoms with E-state index in [0.29, 0.717) is 5.75 Å². The fourth-order valence-corrected chi connectivity index (χ4v) is 2.28. The van der Waals surface area contributed by atoms with Crippen molar-refractivity contribution in [3.63, 3.8) is 0 Å². The lowest BCUT2D eigenvalue weighted by Crippen LogP contribution is -2.24. The molecule has 0 spiro atoms. The maximum atomic E-state index is 12.0. The van der Waals surface area contributed by atoms with E-state index < -0.39 is 0 Å². The summed E-state index contributed by atoms with van der Waals surface area (Å²) in [6.07, 6.45) is 3.28. The molecule has 1 aliphatic heterocycles. The van der Waals surface area contributed by atoms with Crippen LogP contribution in [0.1, 0.15) is 24.1 Å². The van der Waals surface area contributed by atoms with Gasteiger partial charge in [0.1, 0.15) is 0 Å². The van der Waals surface area contributed by atoms with Gasteiger partial charge in [-0.3, -0.25) is 4.79 Å². The largest absolute Gasteiger partial charge is 0.454 e. The predicted molar refractivity (Wildman–Crippen MR) is 84.6 cm³/mol. The molecule has 0 fully saturated rings. The number of carbonyl (C=O) groups excluding carboxylic acids is 1. The minimum absolute atomic E-state index is 0.0323. The van der Waals surface area contributed by atoms with E-state index in [9.17, 15) is 4.79 Å². The van der Waals surface area contributed by atoms with Crippen molar-refractivity contribution in [3.05, 3.63) is 65.7 Å². The van der Waals surface area contributed by atoms with Gasteiger partial charge in [0.05, 0.1) is 6.04 Å². The van der Waals surface area contributed by atoms with Gasteiger partial charge in [0.25, 0.3) is 0 Å². The van der Waals surface area contributed by atoms with Crippen molar-refractivity contribution >= 4 is 12.0 Å². The lowest BCUT2D eigenvalue weighted by Gasteiger charge is -2.12. The Morgan fingerprint density at radius 3 is 2.73 bits per heavy atom. The molecule has 1 heterocycles. The second-order valence-electron chi connectivity index (χ2n) is 5.09. The van der Waals surface area contributed by atoms with E-state index in [4.69, 9.17) is 9.47 Å². The second kappa shape index (κ2) is 6.35. The van der Waals surface area contributed by atoms with Gasteiger partial charge in [-0.15, -0.1) is 0 Å². The number of rotatable bonds is 4. The van der Waals surface area contributed by atoms with Gasteiger partial charge in [0.15, 0.2) is 11.5 Å². The molecule has 0 aliphatic carbocycles. The van der Waals surface area contributed by atoms with Crippen LogP contribution < -0.4 is 14.8 Å². The van der Waals surface area contributed by atoms with E-state index >= 15 is 0 Å². The summed E-state index contributed by atoms with van der Waals surface area (Å²) in [4.78, 5) is 12.0. The predicted octanol–water partition coefficient (Wildman–Crippen LogP) is 3.31. The van der Waals surface area contributed by atoms with Crippen LogP contribution in [0, 0.1) is 0 Å². The Labute approximate surface area is 129 Å². The van der Waals surface area contributed by atoms with Crippen molar-refractivity contribution in [2.45, 2.75) is 13.0 Å². The van der Waals surface area contributed by atoms with Crippen LogP contribution in [0.4, 0.5) is 0 Å². The highest BCUT2D eigenvalue weighted by Gasteiger charge is 2.12. The normalized spacial score (nSPS) is 14.0. The Balaban J connectivity index is 1.62. The van der Waals surface area contributed by atoms with E-state index in [1.165, 1.54) is 6.08 Å². The Morgan fingerprint density at radius 1 is 1.14 bits per heavy atom. The third-order valence-corrected chi connectivity index (χ3v) is 3.48. The molecule has 0 aromatic heterocycles. The Kier molecular flexibility index (Phi) is 4.10. The lowest BCUT2D eigenvalue weighted by molar-refractivity contribution is -0.117. The first-order chi connectivity index (χ1) is 10.7. The number of ether oxygens (including phenoxy) is 2. The summed E-state index contributed by atoms with van der Waals surface area (Å²) in [5, 5.41) is 2.94. The van der Waals surface area contributed by atoms with Gasteiger partial charge in [0.2, 0.25) is 12.7 Å². The number of carbonyl (C=O) groups is 1. The summed E-state index contributed by atoms with van der Waals surface area (Å²) in [6.45, 7) is 2.21. The summed E-state index contributed by atoms with van der Waals surface area (Å²) in [5.41, 5.74) is 1.97. The molecule has 1 aliphatic rings. The van der Waals surface area contributed by atoms with Crippen molar-refractivity contribution in [1.82, 2.24) is 5.32 Å². The molecule has 0 saturated heterocycles. The standard InChI is InChI=1S/C18H17NO3/c1-13(15-5-3-2-4-6-15)19-18(20)10-8-14-7-9-16-17(11-14)22-12-21-16/h2-11,13H,12H2,1H3,(H,19,20)/t13-/m0/s1. The van der Waals surface area contributed by atoms with Crippen LogP contribution in [0.25, 0.3) is 6.08 Å². The fraction of sp³-hybridized carbons (Fsp3) is 0.167. The van der Waals surface area contributed by atoms with Crippen molar-refractivity contribution in [3.8, 4) is 11.5 Å². The molecule has 22 heavy (non-hydrogen) atoms. The molecular weight excluding hydrogens is 278 g/mol. The van der Waals surface area contributed by atoms with Gasteiger partial charge < -0.3 is 14.8 Å². The molecule has 4 nitrogen and oxygen atoms in total. The van der Waals surface area contributed by atoms with Crippen LogP contribution in [0.2, 0.25) is 0 Å². The highest BCUT2D eigenvalue weighted by molar-refractivity contribution is 5.92. The number of fused-ring (bicyclic) bond motifs is 1. The van der Waals surface area contributed by atoms with Crippen LogP contribution in [0.3, 0.4) is 0 Å². The zero-order valence-corrected chi connectivity index (χ0v) is 12.3. The maximum Gasteiger partial charge on any atom is 0.244 e. The zero-order chi connectivity index (χ0) is 15.4. The van der Waals surface area contributed by atoms with Crippen LogP contribution in [0.15, 0.2) is 54.6 Å². The van der Waals surface area contributed by atoms with Crippen molar-refractivity contribution in [2.75, 3.05) is 6.79 Å². The van der Waals surface area contributed by atoms with Gasteiger partial charge in [-0.05, 0) is 36.3 Å². The summed E-state index contributed by atoms with van der Waals surface area (Å²) in [6, 6.07) is 15.4. The van der Waals surface area contributed by atoms with Crippen molar-refractivity contribution in [2.24, 2.45) is 0 Å². The van der Waals surface area contributed by atoms with Gasteiger partial charge >= 0.3 is 0 Å². The summed E-state index contributed by atoms with van der Waals surface area (Å²) < 4.78 is 10.6. The van der Waals surface area contributed by atoms with Gasteiger partial charge in [0, 0.05) is 6.08 Å². The number of nitrogens with one attached hydrogen (secondary N) is 1. The van der Waals surface area contributed by atoms with E-state index in [1.807, 2.05) is 55.5 Å². The third kappa shape index (κ3) is 3.28. The van der Waals surface area contributed by atoms with E-state index in [1.54, 1.807) is 6.08 Å². The molecule has 0 unspecified atom stereocenters. The molecule has 0 saturated carbocycles. The number of benzene rings is 2. The molecular formula is C18H17NO3. The molecule has 0 bridgehead atoms. The summed E-state index contributed by atoms with van der Waals surface area (Å²) in [7, 11) is 0. The minimum Gasteiger partial charge on any atom is -0.454 e. The van der Waals surface area contributed by atoms with Crippen LogP contribution in [-0.2, 0) is 4.79 Å². The number of amides is 1. The minimum atomic E-state index is -0.131. The SMILES string of the molecule is C[C@H](NC(=O)C=Cc1ccc2c(c1)OCO2)c1ccccc1.